The molecule has 0 aromatic rings. The Hall–Kier alpha value is -0.370. The highest BCUT2D eigenvalue weighted by molar-refractivity contribution is 7.89. The summed E-state index contributed by atoms with van der Waals surface area (Å²) in [5.41, 5.74) is 0. The van der Waals surface area contributed by atoms with Crippen LogP contribution in [-0.4, -0.2) is 55.6 Å². The van der Waals surface area contributed by atoms with E-state index in [1.54, 1.807) is 11.2 Å². The molecule has 8 heteroatoms. The lowest BCUT2D eigenvalue weighted by molar-refractivity contribution is -0.123. The molecule has 1 amide bonds. The third-order valence-corrected chi connectivity index (χ3v) is 7.62. The van der Waals surface area contributed by atoms with Gasteiger partial charge in [0.25, 0.3) is 0 Å². The molecule has 0 aromatic carbocycles. The van der Waals surface area contributed by atoms with Gasteiger partial charge in [0.1, 0.15) is 0 Å². The molecule has 2 N–H and O–H groups in total. The van der Waals surface area contributed by atoms with Gasteiger partial charge < -0.3 is 10.6 Å². The largest absolute Gasteiger partial charge is 0.352 e. The predicted molar refractivity (Wildman–Crippen MR) is 96.7 cm³/mol. The van der Waals surface area contributed by atoms with E-state index in [2.05, 4.69) is 10.6 Å². The van der Waals surface area contributed by atoms with Crippen LogP contribution in [0, 0.1) is 5.92 Å². The Morgan fingerprint density at radius 2 is 1.83 bits per heavy atom. The second-order valence-corrected chi connectivity index (χ2v) is 9.45. The summed E-state index contributed by atoms with van der Waals surface area (Å²) in [5.74, 6) is 0.922. The van der Waals surface area contributed by atoms with Crippen molar-refractivity contribution in [1.29, 1.82) is 0 Å². The van der Waals surface area contributed by atoms with Crippen molar-refractivity contribution in [2.75, 3.05) is 18.8 Å². The number of halogens is 1. The number of hydrogen-bond donors (Lipinski definition) is 2. The monoisotopic (exact) mass is 379 g/mol. The summed E-state index contributed by atoms with van der Waals surface area (Å²) in [4.78, 5) is 12.5. The molecule has 0 aromatic heterocycles. The molecule has 0 bridgehead atoms. The Bertz CT molecular complexity index is 521. The number of rotatable bonds is 4. The van der Waals surface area contributed by atoms with Gasteiger partial charge in [-0.15, -0.1) is 12.4 Å². The molecule has 3 atom stereocenters. The summed E-state index contributed by atoms with van der Waals surface area (Å²) in [6.45, 7) is 2.71. The molecular weight excluding hydrogens is 350 g/mol. The predicted octanol–water partition coefficient (Wildman–Crippen LogP) is 1.26. The van der Waals surface area contributed by atoms with Crippen molar-refractivity contribution >= 4 is 28.3 Å². The van der Waals surface area contributed by atoms with Crippen molar-refractivity contribution in [1.82, 2.24) is 14.9 Å². The van der Waals surface area contributed by atoms with E-state index < -0.39 is 10.0 Å². The SMILES string of the molecule is CCS(=O)(=O)N1CCC(NC(=O)C2CC3CCCCC3N2)CC1.Cl. The summed E-state index contributed by atoms with van der Waals surface area (Å²) >= 11 is 0. The third kappa shape index (κ3) is 4.42. The lowest BCUT2D eigenvalue weighted by atomic mass is 9.85. The second-order valence-electron chi connectivity index (χ2n) is 7.19. The number of fused-ring (bicyclic) bond motifs is 1. The van der Waals surface area contributed by atoms with Gasteiger partial charge in [-0.1, -0.05) is 12.8 Å². The third-order valence-electron chi connectivity index (χ3n) is 5.74. The number of carbonyl (C=O) groups excluding carboxylic acids is 1. The van der Waals surface area contributed by atoms with Crippen LogP contribution < -0.4 is 10.6 Å². The number of nitrogens with one attached hydrogen (secondary N) is 2. The van der Waals surface area contributed by atoms with Crippen molar-refractivity contribution in [3.8, 4) is 0 Å². The Kier molecular flexibility index (Phi) is 6.93. The molecule has 3 aliphatic rings. The van der Waals surface area contributed by atoms with E-state index in [4.69, 9.17) is 0 Å². The van der Waals surface area contributed by atoms with E-state index in [9.17, 15) is 13.2 Å². The summed E-state index contributed by atoms with van der Waals surface area (Å²) < 4.78 is 25.3. The van der Waals surface area contributed by atoms with E-state index in [1.807, 2.05) is 0 Å². The molecule has 24 heavy (non-hydrogen) atoms. The van der Waals surface area contributed by atoms with Gasteiger partial charge in [-0.2, -0.15) is 0 Å². The van der Waals surface area contributed by atoms with Crippen LogP contribution in [0.4, 0.5) is 0 Å². The minimum atomic E-state index is -3.09. The van der Waals surface area contributed by atoms with Crippen molar-refractivity contribution < 1.29 is 13.2 Å². The van der Waals surface area contributed by atoms with Crippen LogP contribution in [-0.2, 0) is 14.8 Å². The van der Waals surface area contributed by atoms with Gasteiger partial charge >= 0.3 is 0 Å². The molecule has 1 aliphatic carbocycles. The highest BCUT2D eigenvalue weighted by Crippen LogP contribution is 2.33. The van der Waals surface area contributed by atoms with Crippen molar-refractivity contribution in [2.24, 2.45) is 5.92 Å². The lowest BCUT2D eigenvalue weighted by Crippen LogP contribution is -2.51. The number of carbonyl (C=O) groups is 1. The second kappa shape index (κ2) is 8.34. The van der Waals surface area contributed by atoms with Gasteiger partial charge in [0.05, 0.1) is 11.8 Å². The van der Waals surface area contributed by atoms with Crippen molar-refractivity contribution in [2.45, 2.75) is 70.0 Å². The van der Waals surface area contributed by atoms with E-state index in [0.29, 0.717) is 37.9 Å². The Morgan fingerprint density at radius 1 is 1.17 bits per heavy atom. The van der Waals surface area contributed by atoms with Crippen LogP contribution in [0.15, 0.2) is 0 Å². The maximum Gasteiger partial charge on any atom is 0.237 e. The number of hydrogen-bond acceptors (Lipinski definition) is 4. The van der Waals surface area contributed by atoms with Crippen LogP contribution in [0.5, 0.6) is 0 Å². The van der Waals surface area contributed by atoms with Crippen LogP contribution in [0.3, 0.4) is 0 Å². The fraction of sp³-hybridized carbons (Fsp3) is 0.938. The Morgan fingerprint density at radius 3 is 2.46 bits per heavy atom. The molecule has 0 radical (unpaired) electrons. The normalized spacial score (nSPS) is 32.0. The maximum atomic E-state index is 12.5. The molecule has 140 valence electrons. The molecule has 2 aliphatic heterocycles. The zero-order valence-corrected chi connectivity index (χ0v) is 16.0. The summed E-state index contributed by atoms with van der Waals surface area (Å²) in [6, 6.07) is 0.576. The first-order valence-electron chi connectivity index (χ1n) is 9.04. The van der Waals surface area contributed by atoms with Crippen LogP contribution >= 0.6 is 12.4 Å². The molecule has 3 fully saturated rings. The highest BCUT2D eigenvalue weighted by atomic mass is 35.5. The Labute approximate surface area is 151 Å². The van der Waals surface area contributed by atoms with Crippen LogP contribution in [0.2, 0.25) is 0 Å². The summed E-state index contributed by atoms with van der Waals surface area (Å²) in [6.07, 6.45) is 7.39. The average molecular weight is 380 g/mol. The zero-order valence-electron chi connectivity index (χ0n) is 14.4. The highest BCUT2D eigenvalue weighted by Gasteiger charge is 2.39. The number of nitrogens with zero attached hydrogens (tertiary/aromatic N) is 1. The van der Waals surface area contributed by atoms with Gasteiger partial charge in [-0.3, -0.25) is 4.79 Å². The van der Waals surface area contributed by atoms with E-state index in [-0.39, 0.29) is 36.2 Å². The summed E-state index contributed by atoms with van der Waals surface area (Å²) in [7, 11) is -3.09. The minimum absolute atomic E-state index is 0. The molecule has 6 nitrogen and oxygen atoms in total. The maximum absolute atomic E-state index is 12.5. The molecule has 3 rings (SSSR count). The first-order chi connectivity index (χ1) is 11.0. The van der Waals surface area contributed by atoms with Crippen molar-refractivity contribution in [3.05, 3.63) is 0 Å². The van der Waals surface area contributed by atoms with Crippen LogP contribution in [0.1, 0.15) is 51.9 Å². The molecule has 0 spiro atoms. The van der Waals surface area contributed by atoms with Gasteiger partial charge in [0, 0.05) is 25.2 Å². The Balaban J connectivity index is 0.00000208. The molecular formula is C16H30ClN3O3S. The molecule has 1 saturated carbocycles. The van der Waals surface area contributed by atoms with Gasteiger partial charge in [-0.05, 0) is 44.9 Å². The van der Waals surface area contributed by atoms with Gasteiger partial charge in [-0.25, -0.2) is 12.7 Å². The average Bonchev–Trinajstić information content (AvgIpc) is 2.99. The topological polar surface area (TPSA) is 78.5 Å². The summed E-state index contributed by atoms with van der Waals surface area (Å²) in [5, 5.41) is 6.64. The first kappa shape index (κ1) is 19.9. The van der Waals surface area contributed by atoms with Crippen molar-refractivity contribution in [3.63, 3.8) is 0 Å². The first-order valence-corrected chi connectivity index (χ1v) is 10.6. The zero-order chi connectivity index (χ0) is 16.4. The lowest BCUT2D eigenvalue weighted by Gasteiger charge is -2.32. The smallest absolute Gasteiger partial charge is 0.237 e. The number of amides is 1. The molecule has 2 heterocycles. The molecule has 3 unspecified atom stereocenters. The standard InChI is InChI=1S/C16H29N3O3S.ClH/c1-2-23(21,22)19-9-7-13(8-10-19)17-16(20)15-11-12-5-3-4-6-14(12)18-15;/h12-15,18H,2-11H2,1H3,(H,17,20);1H. The fourth-order valence-electron chi connectivity index (χ4n) is 4.28. The number of piperidine rings is 1. The van der Waals surface area contributed by atoms with Gasteiger partial charge in [0.2, 0.25) is 15.9 Å². The number of sulfonamides is 1. The minimum Gasteiger partial charge on any atom is -0.352 e. The quantitative estimate of drug-likeness (QED) is 0.770. The van der Waals surface area contributed by atoms with E-state index in [0.717, 1.165) is 6.42 Å². The van der Waals surface area contributed by atoms with E-state index in [1.165, 1.54) is 25.7 Å². The van der Waals surface area contributed by atoms with Crippen LogP contribution in [0.25, 0.3) is 0 Å². The fourth-order valence-corrected chi connectivity index (χ4v) is 5.42. The molecule has 2 saturated heterocycles. The van der Waals surface area contributed by atoms with E-state index >= 15 is 0 Å². The van der Waals surface area contributed by atoms with Gasteiger partial charge in [0.15, 0.2) is 0 Å².